The fourth-order valence-corrected chi connectivity index (χ4v) is 5.39. The molecule has 7 heteroatoms. The quantitative estimate of drug-likeness (QED) is 0.537. The normalized spacial score (nSPS) is 19.5. The summed E-state index contributed by atoms with van der Waals surface area (Å²) in [6.07, 6.45) is 3.17. The van der Waals surface area contributed by atoms with Crippen LogP contribution in [0.2, 0.25) is 0 Å². The van der Waals surface area contributed by atoms with Gasteiger partial charge in [-0.25, -0.2) is 8.42 Å². The topological polar surface area (TPSA) is 80.8 Å². The van der Waals surface area contributed by atoms with Gasteiger partial charge in [0, 0.05) is 11.6 Å². The van der Waals surface area contributed by atoms with Crippen molar-refractivity contribution in [1.29, 1.82) is 0 Å². The van der Waals surface area contributed by atoms with E-state index >= 15 is 0 Å². The molecule has 0 unspecified atom stereocenters. The number of ketones is 1. The molecule has 152 valence electrons. The summed E-state index contributed by atoms with van der Waals surface area (Å²) in [5.74, 6) is -0.662. The Kier molecular flexibility index (Phi) is 4.73. The summed E-state index contributed by atoms with van der Waals surface area (Å²) < 4.78 is 30.8. The number of benzene rings is 2. The lowest BCUT2D eigenvalue weighted by Crippen LogP contribution is -2.34. The molecule has 2 aliphatic rings. The fraction of sp³-hybridized carbons (Fsp3) is 0.364. The van der Waals surface area contributed by atoms with Gasteiger partial charge in [-0.3, -0.25) is 13.9 Å². The molecule has 2 aromatic rings. The summed E-state index contributed by atoms with van der Waals surface area (Å²) in [4.78, 5) is 25.2. The van der Waals surface area contributed by atoms with Crippen molar-refractivity contribution >= 4 is 27.5 Å². The third-order valence-corrected chi connectivity index (χ3v) is 6.98. The average molecular weight is 413 g/mol. The van der Waals surface area contributed by atoms with Gasteiger partial charge in [0.15, 0.2) is 12.4 Å². The molecule has 1 aliphatic heterocycles. The Bertz CT molecular complexity index is 1070. The molecule has 0 saturated heterocycles. The molecule has 2 aromatic carbocycles. The lowest BCUT2D eigenvalue weighted by molar-refractivity contribution is -0.145. The van der Waals surface area contributed by atoms with Crippen molar-refractivity contribution in [3.63, 3.8) is 0 Å². The number of ether oxygens (including phenoxy) is 1. The zero-order valence-corrected chi connectivity index (χ0v) is 17.2. The number of sulfonamides is 1. The largest absolute Gasteiger partial charge is 0.457 e. The summed E-state index contributed by atoms with van der Waals surface area (Å²) in [6, 6.07) is 14.3. The van der Waals surface area contributed by atoms with E-state index in [4.69, 9.17) is 4.74 Å². The van der Waals surface area contributed by atoms with Crippen LogP contribution in [0.4, 0.5) is 5.69 Å². The molecule has 0 amide bonds. The maximum absolute atomic E-state index is 12.6. The van der Waals surface area contributed by atoms with Crippen molar-refractivity contribution < 1.29 is 22.7 Å². The third-order valence-electron chi connectivity index (χ3n) is 5.71. The summed E-state index contributed by atoms with van der Waals surface area (Å²) >= 11 is 0. The van der Waals surface area contributed by atoms with Crippen LogP contribution in [-0.2, 0) is 31.4 Å². The van der Waals surface area contributed by atoms with Crippen molar-refractivity contribution in [3.8, 4) is 0 Å². The van der Waals surface area contributed by atoms with E-state index in [9.17, 15) is 18.0 Å². The first kappa shape index (κ1) is 19.6. The van der Waals surface area contributed by atoms with Crippen LogP contribution >= 0.6 is 0 Å². The molecule has 1 saturated carbocycles. The predicted molar refractivity (Wildman–Crippen MR) is 110 cm³/mol. The summed E-state index contributed by atoms with van der Waals surface area (Å²) in [5, 5.41) is 0. The predicted octanol–water partition coefficient (Wildman–Crippen LogP) is 2.85. The van der Waals surface area contributed by atoms with E-state index in [1.807, 2.05) is 37.3 Å². The van der Waals surface area contributed by atoms with E-state index in [1.165, 1.54) is 10.6 Å². The number of rotatable bonds is 6. The summed E-state index contributed by atoms with van der Waals surface area (Å²) in [5.41, 5.74) is 2.14. The Hall–Kier alpha value is -2.67. The van der Waals surface area contributed by atoms with Crippen molar-refractivity contribution in [2.75, 3.05) is 17.2 Å². The molecule has 0 radical (unpaired) electrons. The monoisotopic (exact) mass is 413 g/mol. The molecule has 0 N–H and O–H groups in total. The van der Waals surface area contributed by atoms with E-state index in [2.05, 4.69) is 0 Å². The van der Waals surface area contributed by atoms with Crippen LogP contribution in [0.25, 0.3) is 0 Å². The van der Waals surface area contributed by atoms with Crippen molar-refractivity contribution in [2.45, 2.75) is 37.6 Å². The van der Waals surface area contributed by atoms with E-state index in [1.54, 1.807) is 18.2 Å². The fourth-order valence-electron chi connectivity index (χ4n) is 4.13. The van der Waals surface area contributed by atoms with Crippen LogP contribution in [0.3, 0.4) is 0 Å². The molecular weight excluding hydrogens is 390 g/mol. The zero-order chi connectivity index (χ0) is 20.8. The SMILES string of the molecule is C[C@H]1Cc2cc(C(=O)COC(=O)C3(c4ccccc4)CC3)ccc2N1S(C)(=O)=O. The minimum atomic E-state index is -3.38. The van der Waals surface area contributed by atoms with E-state index in [0.717, 1.165) is 24.0 Å². The molecule has 0 bridgehead atoms. The van der Waals surface area contributed by atoms with Crippen LogP contribution in [0, 0.1) is 0 Å². The summed E-state index contributed by atoms with van der Waals surface area (Å²) in [6.45, 7) is 1.51. The second-order valence-corrected chi connectivity index (χ2v) is 9.76. The first-order valence-corrected chi connectivity index (χ1v) is 11.5. The van der Waals surface area contributed by atoms with Crippen LogP contribution < -0.4 is 4.31 Å². The second kappa shape index (κ2) is 6.99. The number of hydrogen-bond donors (Lipinski definition) is 0. The molecule has 6 nitrogen and oxygen atoms in total. The Morgan fingerprint density at radius 3 is 2.45 bits per heavy atom. The van der Waals surface area contributed by atoms with Gasteiger partial charge in [-0.1, -0.05) is 30.3 Å². The Morgan fingerprint density at radius 2 is 1.83 bits per heavy atom. The number of fused-ring (bicyclic) bond motifs is 1. The highest BCUT2D eigenvalue weighted by Gasteiger charge is 2.52. The highest BCUT2D eigenvalue weighted by atomic mass is 32.2. The molecule has 1 fully saturated rings. The number of carbonyl (C=O) groups excluding carboxylic acids is 2. The zero-order valence-electron chi connectivity index (χ0n) is 16.4. The number of nitrogens with zero attached hydrogens (tertiary/aromatic N) is 1. The minimum Gasteiger partial charge on any atom is -0.457 e. The molecule has 1 aliphatic carbocycles. The first-order chi connectivity index (χ1) is 13.7. The van der Waals surface area contributed by atoms with Gasteiger partial charge in [0.2, 0.25) is 10.0 Å². The lowest BCUT2D eigenvalue weighted by Gasteiger charge is -2.21. The van der Waals surface area contributed by atoms with Gasteiger partial charge < -0.3 is 4.74 Å². The van der Waals surface area contributed by atoms with Gasteiger partial charge >= 0.3 is 5.97 Å². The average Bonchev–Trinajstić information content (AvgIpc) is 3.42. The molecular formula is C22H23NO5S. The van der Waals surface area contributed by atoms with Gasteiger partial charge in [-0.15, -0.1) is 0 Å². The van der Waals surface area contributed by atoms with Crippen molar-refractivity contribution in [2.24, 2.45) is 0 Å². The van der Waals surface area contributed by atoms with Gasteiger partial charge in [0.25, 0.3) is 0 Å². The Labute approximate surface area is 170 Å². The van der Waals surface area contributed by atoms with E-state index in [-0.39, 0.29) is 24.4 Å². The number of anilines is 1. The van der Waals surface area contributed by atoms with Crippen LogP contribution in [-0.4, -0.2) is 39.1 Å². The molecule has 29 heavy (non-hydrogen) atoms. The molecule has 4 rings (SSSR count). The van der Waals surface area contributed by atoms with Gasteiger partial charge in [-0.05, 0) is 55.5 Å². The van der Waals surface area contributed by atoms with Gasteiger partial charge in [0.05, 0.1) is 17.4 Å². The smallest absolute Gasteiger partial charge is 0.317 e. The van der Waals surface area contributed by atoms with Crippen molar-refractivity contribution in [3.05, 3.63) is 65.2 Å². The highest BCUT2D eigenvalue weighted by molar-refractivity contribution is 7.92. The van der Waals surface area contributed by atoms with Crippen molar-refractivity contribution in [1.82, 2.24) is 0 Å². The summed E-state index contributed by atoms with van der Waals surface area (Å²) in [7, 11) is -3.38. The third kappa shape index (κ3) is 3.55. The second-order valence-electron chi connectivity index (χ2n) is 7.90. The van der Waals surface area contributed by atoms with E-state index < -0.39 is 15.4 Å². The Balaban J connectivity index is 1.45. The van der Waals surface area contributed by atoms with Gasteiger partial charge in [0.1, 0.15) is 0 Å². The molecule has 1 atom stereocenters. The number of hydrogen-bond acceptors (Lipinski definition) is 5. The standard InChI is InChI=1S/C22H23NO5S/c1-15-12-17-13-16(8-9-19(17)23(15)29(2,26)27)20(24)14-28-21(25)22(10-11-22)18-6-4-3-5-7-18/h3-9,13,15H,10-12,14H2,1-2H3/t15-/m0/s1. The molecule has 0 aromatic heterocycles. The first-order valence-electron chi connectivity index (χ1n) is 9.61. The van der Waals surface area contributed by atoms with Crippen LogP contribution in [0.15, 0.2) is 48.5 Å². The molecule has 1 heterocycles. The number of Topliss-reactive ketones (excluding diaryl/α,β-unsaturated/α-hetero) is 1. The van der Waals surface area contributed by atoms with Crippen LogP contribution in [0.1, 0.15) is 41.3 Å². The lowest BCUT2D eigenvalue weighted by atomic mass is 9.96. The van der Waals surface area contributed by atoms with Crippen LogP contribution in [0.5, 0.6) is 0 Å². The minimum absolute atomic E-state index is 0.191. The number of esters is 1. The van der Waals surface area contributed by atoms with Gasteiger partial charge in [-0.2, -0.15) is 0 Å². The van der Waals surface area contributed by atoms with E-state index in [0.29, 0.717) is 17.7 Å². The number of carbonyl (C=O) groups is 2. The maximum atomic E-state index is 12.6. The Morgan fingerprint density at radius 1 is 1.14 bits per heavy atom. The highest BCUT2D eigenvalue weighted by Crippen LogP contribution is 2.49. The maximum Gasteiger partial charge on any atom is 0.317 e. The molecule has 0 spiro atoms.